The summed E-state index contributed by atoms with van der Waals surface area (Å²) in [6, 6.07) is 27.4. The second-order valence-corrected chi connectivity index (χ2v) is 7.76. The average molecular weight is 410 g/mol. The quantitative estimate of drug-likeness (QED) is 0.312. The van der Waals surface area contributed by atoms with Gasteiger partial charge < -0.3 is 20.3 Å². The van der Waals surface area contributed by atoms with Gasteiger partial charge in [0.25, 0.3) is 0 Å². The van der Waals surface area contributed by atoms with Crippen LogP contribution in [0.4, 0.5) is 22.7 Å². The van der Waals surface area contributed by atoms with E-state index in [9.17, 15) is 0 Å². The van der Waals surface area contributed by atoms with E-state index < -0.39 is 0 Å². The Hall–Kier alpha value is -3.66. The summed E-state index contributed by atoms with van der Waals surface area (Å²) in [5.74, 6) is 1.71. The topological polar surface area (TPSA) is 36.5 Å². The molecule has 4 aromatic carbocycles. The van der Waals surface area contributed by atoms with Crippen LogP contribution in [0.2, 0.25) is 0 Å². The maximum absolute atomic E-state index is 6.43. The van der Waals surface area contributed by atoms with Crippen molar-refractivity contribution in [3.63, 3.8) is 0 Å². The van der Waals surface area contributed by atoms with Crippen LogP contribution in [-0.2, 0) is 6.54 Å². The van der Waals surface area contributed by atoms with E-state index in [1.165, 1.54) is 16.6 Å². The molecule has 0 bridgehead atoms. The van der Waals surface area contributed by atoms with E-state index in [1.54, 1.807) is 0 Å². The van der Waals surface area contributed by atoms with Crippen LogP contribution in [0, 0.1) is 0 Å². The molecular weight excluding hydrogens is 382 g/mol. The molecule has 0 unspecified atom stereocenters. The Morgan fingerprint density at radius 3 is 2.32 bits per heavy atom. The number of hydrogen-bond acceptors (Lipinski definition) is 4. The van der Waals surface area contributed by atoms with Gasteiger partial charge in [0, 0.05) is 53.9 Å². The minimum atomic E-state index is 0.764. The predicted octanol–water partition coefficient (Wildman–Crippen LogP) is 7.15. The Bertz CT molecular complexity index is 1220. The Labute approximate surface area is 183 Å². The van der Waals surface area contributed by atoms with E-state index in [4.69, 9.17) is 4.74 Å². The number of ether oxygens (including phenoxy) is 1. The zero-order chi connectivity index (χ0) is 21.2. The largest absolute Gasteiger partial charge is 0.453 e. The summed E-state index contributed by atoms with van der Waals surface area (Å²) >= 11 is 0. The van der Waals surface area contributed by atoms with Gasteiger partial charge in [-0.3, -0.25) is 0 Å². The molecule has 156 valence electrons. The maximum Gasteiger partial charge on any atom is 0.153 e. The third-order valence-electron chi connectivity index (χ3n) is 5.91. The molecule has 4 aromatic rings. The van der Waals surface area contributed by atoms with E-state index in [1.807, 2.05) is 6.07 Å². The second kappa shape index (κ2) is 8.23. The molecule has 0 atom stereocenters. The summed E-state index contributed by atoms with van der Waals surface area (Å²) in [6.45, 7) is 7.05. The van der Waals surface area contributed by atoms with Gasteiger partial charge in [-0.2, -0.15) is 0 Å². The highest BCUT2D eigenvalue weighted by Gasteiger charge is 2.21. The normalized spacial score (nSPS) is 11.8. The first-order chi connectivity index (χ1) is 15.3. The third kappa shape index (κ3) is 3.66. The number of nitrogens with zero attached hydrogens (tertiary/aromatic N) is 1. The first-order valence-electron chi connectivity index (χ1n) is 10.9. The van der Waals surface area contributed by atoms with Gasteiger partial charge in [0.1, 0.15) is 0 Å². The van der Waals surface area contributed by atoms with Crippen LogP contribution < -0.4 is 20.3 Å². The maximum atomic E-state index is 6.43. The van der Waals surface area contributed by atoms with Crippen molar-refractivity contribution in [3.05, 3.63) is 84.4 Å². The Kier molecular flexibility index (Phi) is 5.13. The van der Waals surface area contributed by atoms with Crippen molar-refractivity contribution in [3.8, 4) is 11.5 Å². The molecule has 0 radical (unpaired) electrons. The lowest BCUT2D eigenvalue weighted by Gasteiger charge is -2.27. The predicted molar refractivity (Wildman–Crippen MR) is 131 cm³/mol. The molecule has 2 N–H and O–H groups in total. The number of nitrogens with one attached hydrogen (secondary N) is 2. The number of hydrogen-bond donors (Lipinski definition) is 2. The molecular formula is C27H27N3O. The summed E-state index contributed by atoms with van der Waals surface area (Å²) in [5, 5.41) is 9.55. The van der Waals surface area contributed by atoms with Crippen LogP contribution in [0.25, 0.3) is 10.8 Å². The highest BCUT2D eigenvalue weighted by atomic mass is 16.5. The average Bonchev–Trinajstić information content (AvgIpc) is 2.83. The summed E-state index contributed by atoms with van der Waals surface area (Å²) in [6.07, 6.45) is 0. The zero-order valence-corrected chi connectivity index (χ0v) is 18.0. The van der Waals surface area contributed by atoms with Gasteiger partial charge in [0.05, 0.1) is 11.4 Å². The Morgan fingerprint density at radius 2 is 1.55 bits per heavy atom. The number of rotatable bonds is 6. The van der Waals surface area contributed by atoms with Gasteiger partial charge in [0.15, 0.2) is 11.5 Å². The molecule has 31 heavy (non-hydrogen) atoms. The van der Waals surface area contributed by atoms with E-state index in [-0.39, 0.29) is 0 Å². The molecule has 1 heterocycles. The first-order valence-corrected chi connectivity index (χ1v) is 10.9. The van der Waals surface area contributed by atoms with Crippen LogP contribution in [-0.4, -0.2) is 13.1 Å². The Balaban J connectivity index is 1.52. The molecule has 0 fully saturated rings. The highest BCUT2D eigenvalue weighted by Crippen LogP contribution is 2.48. The smallest absolute Gasteiger partial charge is 0.153 e. The summed E-state index contributed by atoms with van der Waals surface area (Å²) < 4.78 is 6.43. The van der Waals surface area contributed by atoms with Gasteiger partial charge in [0.2, 0.25) is 0 Å². The zero-order valence-electron chi connectivity index (χ0n) is 18.0. The Morgan fingerprint density at radius 1 is 0.806 bits per heavy atom. The van der Waals surface area contributed by atoms with Gasteiger partial charge >= 0.3 is 0 Å². The van der Waals surface area contributed by atoms with Crippen molar-refractivity contribution < 1.29 is 4.74 Å². The van der Waals surface area contributed by atoms with Crippen LogP contribution in [0.15, 0.2) is 78.9 Å². The molecule has 5 rings (SSSR count). The lowest BCUT2D eigenvalue weighted by Crippen LogP contribution is -2.21. The minimum Gasteiger partial charge on any atom is -0.453 e. The molecule has 4 nitrogen and oxygen atoms in total. The molecule has 0 saturated heterocycles. The minimum absolute atomic E-state index is 0.764. The molecule has 0 aromatic heterocycles. The van der Waals surface area contributed by atoms with Crippen molar-refractivity contribution in [2.75, 3.05) is 28.6 Å². The van der Waals surface area contributed by atoms with Crippen molar-refractivity contribution in [2.24, 2.45) is 0 Å². The fraction of sp³-hybridized carbons (Fsp3) is 0.185. The lowest BCUT2D eigenvalue weighted by atomic mass is 10.0. The molecule has 1 aliphatic heterocycles. The van der Waals surface area contributed by atoms with Crippen molar-refractivity contribution in [1.29, 1.82) is 0 Å². The van der Waals surface area contributed by atoms with Crippen LogP contribution in [0.5, 0.6) is 11.5 Å². The number of benzene rings is 4. The lowest BCUT2D eigenvalue weighted by molar-refractivity contribution is 0.482. The monoisotopic (exact) mass is 409 g/mol. The molecule has 0 spiro atoms. The van der Waals surface area contributed by atoms with Gasteiger partial charge in [-0.05, 0) is 31.5 Å². The van der Waals surface area contributed by atoms with Crippen LogP contribution >= 0.6 is 0 Å². The van der Waals surface area contributed by atoms with E-state index in [2.05, 4.69) is 102 Å². The highest BCUT2D eigenvalue weighted by molar-refractivity contribution is 6.06. The fourth-order valence-corrected chi connectivity index (χ4v) is 4.24. The second-order valence-electron chi connectivity index (χ2n) is 7.76. The standard InChI is InChI=1S/C27H27N3O/c1-3-30(4-2)20-14-15-23-25(16-20)31-26-17-24(28-18-19-10-6-5-7-11-19)21-12-8-9-13-22(21)27(26)29-23/h5-17,28-29H,3-4,18H2,1-2H3. The summed E-state index contributed by atoms with van der Waals surface area (Å²) in [4.78, 5) is 2.33. The van der Waals surface area contributed by atoms with Gasteiger partial charge in [-0.1, -0.05) is 54.6 Å². The molecule has 0 saturated carbocycles. The van der Waals surface area contributed by atoms with Crippen LogP contribution in [0.1, 0.15) is 19.4 Å². The molecule has 4 heteroatoms. The van der Waals surface area contributed by atoms with E-state index in [0.717, 1.165) is 53.6 Å². The van der Waals surface area contributed by atoms with Crippen molar-refractivity contribution in [2.45, 2.75) is 20.4 Å². The molecule has 0 amide bonds. The SMILES string of the molecule is CCN(CC)c1ccc2c(c1)Oc1cc(NCc3ccccc3)c3ccccc3c1N2. The molecule has 1 aliphatic rings. The fourth-order valence-electron chi connectivity index (χ4n) is 4.24. The third-order valence-corrected chi connectivity index (χ3v) is 5.91. The van der Waals surface area contributed by atoms with Crippen molar-refractivity contribution in [1.82, 2.24) is 0 Å². The number of anilines is 4. The van der Waals surface area contributed by atoms with E-state index >= 15 is 0 Å². The summed E-state index contributed by atoms with van der Waals surface area (Å²) in [7, 11) is 0. The van der Waals surface area contributed by atoms with E-state index in [0.29, 0.717) is 0 Å². The number of fused-ring (bicyclic) bond motifs is 4. The summed E-state index contributed by atoms with van der Waals surface area (Å²) in [5.41, 5.74) is 5.51. The van der Waals surface area contributed by atoms with Gasteiger partial charge in [-0.25, -0.2) is 0 Å². The first kappa shape index (κ1) is 19.3. The molecule has 0 aliphatic carbocycles. The van der Waals surface area contributed by atoms with Gasteiger partial charge in [-0.15, -0.1) is 0 Å². The van der Waals surface area contributed by atoms with Crippen molar-refractivity contribution >= 4 is 33.5 Å². The van der Waals surface area contributed by atoms with Crippen LogP contribution in [0.3, 0.4) is 0 Å².